The molecule has 5 heteroatoms. The highest BCUT2D eigenvalue weighted by molar-refractivity contribution is 5.86. The van der Waals surface area contributed by atoms with Crippen molar-refractivity contribution >= 4 is 5.97 Å². The summed E-state index contributed by atoms with van der Waals surface area (Å²) in [6, 6.07) is 0. The van der Waals surface area contributed by atoms with Crippen molar-refractivity contribution in [2.75, 3.05) is 20.8 Å². The molecular formula is C9H16O5. The lowest BCUT2D eigenvalue weighted by molar-refractivity contribution is -0.139. The molecule has 0 heterocycles. The monoisotopic (exact) mass is 204 g/mol. The van der Waals surface area contributed by atoms with Crippen molar-refractivity contribution in [2.24, 2.45) is 0 Å². The average Bonchev–Trinajstić information content (AvgIpc) is 2.21. The summed E-state index contributed by atoms with van der Waals surface area (Å²) < 4.78 is 9.13. The Morgan fingerprint density at radius 3 is 2.50 bits per heavy atom. The van der Waals surface area contributed by atoms with E-state index in [1.54, 1.807) is 0 Å². The van der Waals surface area contributed by atoms with Gasteiger partial charge < -0.3 is 19.7 Å². The number of rotatable bonds is 6. The first-order chi connectivity index (χ1) is 6.65. The van der Waals surface area contributed by atoms with Gasteiger partial charge in [-0.3, -0.25) is 0 Å². The Morgan fingerprint density at radius 2 is 2.07 bits per heavy atom. The molecule has 0 fully saturated rings. The summed E-state index contributed by atoms with van der Waals surface area (Å²) in [5, 5.41) is 17.9. The van der Waals surface area contributed by atoms with Gasteiger partial charge in [-0.25, -0.2) is 4.79 Å². The minimum atomic E-state index is -0.809. The van der Waals surface area contributed by atoms with Crippen molar-refractivity contribution in [2.45, 2.75) is 18.9 Å². The molecule has 0 aliphatic rings. The largest absolute Gasteiger partial charge is 0.490 e. The van der Waals surface area contributed by atoms with E-state index >= 15 is 0 Å². The van der Waals surface area contributed by atoms with Crippen LogP contribution in [0.15, 0.2) is 11.8 Å². The highest BCUT2D eigenvalue weighted by atomic mass is 16.6. The molecule has 1 unspecified atom stereocenters. The molecule has 1 atom stereocenters. The van der Waals surface area contributed by atoms with Crippen LogP contribution in [0.2, 0.25) is 0 Å². The lowest BCUT2D eigenvalue weighted by atomic mass is 10.2. The van der Waals surface area contributed by atoms with E-state index < -0.39 is 12.1 Å². The van der Waals surface area contributed by atoms with Crippen LogP contribution < -0.4 is 0 Å². The third-order valence-electron chi connectivity index (χ3n) is 1.61. The molecule has 82 valence electrons. The summed E-state index contributed by atoms with van der Waals surface area (Å²) in [5.74, 6) is -0.659. The Labute approximate surface area is 82.9 Å². The SMILES string of the molecule is COC(=O)C(=CC(O)CCCO)OC. The molecular weight excluding hydrogens is 188 g/mol. The fourth-order valence-corrected chi connectivity index (χ4v) is 0.879. The molecule has 0 saturated heterocycles. The zero-order valence-corrected chi connectivity index (χ0v) is 8.40. The van der Waals surface area contributed by atoms with Gasteiger partial charge in [-0.05, 0) is 18.9 Å². The van der Waals surface area contributed by atoms with Crippen LogP contribution >= 0.6 is 0 Å². The van der Waals surface area contributed by atoms with Gasteiger partial charge in [0, 0.05) is 6.61 Å². The molecule has 0 aliphatic heterocycles. The Bertz CT molecular complexity index is 199. The molecule has 0 aromatic carbocycles. The molecule has 0 aliphatic carbocycles. The van der Waals surface area contributed by atoms with E-state index in [1.807, 2.05) is 0 Å². The predicted octanol–water partition coefficient (Wildman–Crippen LogP) is -0.177. The van der Waals surface area contributed by atoms with Gasteiger partial charge in [0.15, 0.2) is 0 Å². The second kappa shape index (κ2) is 7.34. The quantitative estimate of drug-likeness (QED) is 0.356. The smallest absolute Gasteiger partial charge is 0.373 e. The van der Waals surface area contributed by atoms with Crippen LogP contribution in [0.3, 0.4) is 0 Å². The molecule has 0 aromatic heterocycles. The van der Waals surface area contributed by atoms with E-state index in [4.69, 9.17) is 9.84 Å². The van der Waals surface area contributed by atoms with Crippen molar-refractivity contribution in [1.82, 2.24) is 0 Å². The summed E-state index contributed by atoms with van der Waals surface area (Å²) in [5.41, 5.74) is 0. The highest BCUT2D eigenvalue weighted by Gasteiger charge is 2.11. The zero-order chi connectivity index (χ0) is 11.0. The normalized spacial score (nSPS) is 13.6. The number of aliphatic hydroxyl groups excluding tert-OH is 2. The summed E-state index contributed by atoms with van der Waals surface area (Å²) in [7, 11) is 2.55. The summed E-state index contributed by atoms with van der Waals surface area (Å²) in [6.45, 7) is 0.00540. The second-order valence-corrected chi connectivity index (χ2v) is 2.66. The number of carbonyl (C=O) groups excluding carboxylic acids is 1. The third-order valence-corrected chi connectivity index (χ3v) is 1.61. The topological polar surface area (TPSA) is 76.0 Å². The molecule has 0 aromatic rings. The predicted molar refractivity (Wildman–Crippen MR) is 49.4 cm³/mol. The molecule has 0 saturated carbocycles. The first-order valence-electron chi connectivity index (χ1n) is 4.28. The highest BCUT2D eigenvalue weighted by Crippen LogP contribution is 2.05. The minimum absolute atomic E-state index is 0.00540. The fourth-order valence-electron chi connectivity index (χ4n) is 0.879. The maximum Gasteiger partial charge on any atom is 0.373 e. The van der Waals surface area contributed by atoms with E-state index in [0.29, 0.717) is 12.8 Å². The minimum Gasteiger partial charge on any atom is -0.490 e. The lowest BCUT2D eigenvalue weighted by Gasteiger charge is -2.07. The standard InChI is InChI=1S/C9H16O5/c1-13-8(9(12)14-2)6-7(11)4-3-5-10/h6-7,10-11H,3-5H2,1-2H3. The summed E-state index contributed by atoms with van der Waals surface area (Å²) >= 11 is 0. The average molecular weight is 204 g/mol. The fraction of sp³-hybridized carbons (Fsp3) is 0.667. The maximum absolute atomic E-state index is 11.0. The summed E-state index contributed by atoms with van der Waals surface area (Å²) in [4.78, 5) is 11.0. The molecule has 5 nitrogen and oxygen atoms in total. The van der Waals surface area contributed by atoms with Crippen LogP contribution in [0.25, 0.3) is 0 Å². The van der Waals surface area contributed by atoms with Gasteiger partial charge in [-0.15, -0.1) is 0 Å². The molecule has 2 N–H and O–H groups in total. The van der Waals surface area contributed by atoms with Crippen LogP contribution in [0.1, 0.15) is 12.8 Å². The van der Waals surface area contributed by atoms with Crippen molar-refractivity contribution in [3.8, 4) is 0 Å². The van der Waals surface area contributed by atoms with Crippen LogP contribution in [0, 0.1) is 0 Å². The van der Waals surface area contributed by atoms with Gasteiger partial charge in [0.1, 0.15) is 0 Å². The van der Waals surface area contributed by atoms with Crippen molar-refractivity contribution in [1.29, 1.82) is 0 Å². The second-order valence-electron chi connectivity index (χ2n) is 2.66. The lowest BCUT2D eigenvalue weighted by Crippen LogP contribution is -2.12. The van der Waals surface area contributed by atoms with Gasteiger partial charge in [0.2, 0.25) is 5.76 Å². The Morgan fingerprint density at radius 1 is 1.43 bits per heavy atom. The Kier molecular flexibility index (Phi) is 6.78. The third kappa shape index (κ3) is 4.84. The zero-order valence-electron chi connectivity index (χ0n) is 8.40. The molecule has 0 rings (SSSR count). The van der Waals surface area contributed by atoms with E-state index in [9.17, 15) is 9.90 Å². The Balaban J connectivity index is 4.20. The van der Waals surface area contributed by atoms with E-state index in [-0.39, 0.29) is 12.4 Å². The molecule has 0 amide bonds. The van der Waals surface area contributed by atoms with Crippen LogP contribution in [0.4, 0.5) is 0 Å². The molecule has 14 heavy (non-hydrogen) atoms. The van der Waals surface area contributed by atoms with E-state index in [1.165, 1.54) is 20.3 Å². The maximum atomic E-state index is 11.0. The number of carbonyl (C=O) groups is 1. The number of esters is 1. The van der Waals surface area contributed by atoms with E-state index in [0.717, 1.165) is 0 Å². The molecule has 0 spiro atoms. The van der Waals surface area contributed by atoms with Gasteiger partial charge >= 0.3 is 5.97 Å². The molecule has 0 radical (unpaired) electrons. The number of ether oxygens (including phenoxy) is 2. The van der Waals surface area contributed by atoms with Gasteiger partial charge in [0.25, 0.3) is 0 Å². The summed E-state index contributed by atoms with van der Waals surface area (Å²) in [6.07, 6.45) is 1.30. The van der Waals surface area contributed by atoms with Crippen LogP contribution in [-0.4, -0.2) is 43.1 Å². The van der Waals surface area contributed by atoms with Crippen LogP contribution in [-0.2, 0) is 14.3 Å². The molecule has 0 bridgehead atoms. The first-order valence-corrected chi connectivity index (χ1v) is 4.28. The number of aliphatic hydroxyl groups is 2. The van der Waals surface area contributed by atoms with Crippen LogP contribution in [0.5, 0.6) is 0 Å². The van der Waals surface area contributed by atoms with Crippen molar-refractivity contribution in [3.05, 3.63) is 11.8 Å². The Hall–Kier alpha value is -1.07. The number of hydrogen-bond donors (Lipinski definition) is 2. The first kappa shape index (κ1) is 12.9. The number of hydrogen-bond acceptors (Lipinski definition) is 5. The number of methoxy groups -OCH3 is 2. The van der Waals surface area contributed by atoms with Gasteiger partial charge in [-0.1, -0.05) is 0 Å². The van der Waals surface area contributed by atoms with E-state index in [2.05, 4.69) is 4.74 Å². The van der Waals surface area contributed by atoms with Gasteiger partial charge in [0.05, 0.1) is 20.3 Å². The van der Waals surface area contributed by atoms with Crippen molar-refractivity contribution in [3.63, 3.8) is 0 Å². The van der Waals surface area contributed by atoms with Gasteiger partial charge in [-0.2, -0.15) is 0 Å². The van der Waals surface area contributed by atoms with Crippen molar-refractivity contribution < 1.29 is 24.5 Å².